The van der Waals surface area contributed by atoms with E-state index in [4.69, 9.17) is 5.73 Å². The fourth-order valence-electron chi connectivity index (χ4n) is 2.36. The predicted molar refractivity (Wildman–Crippen MR) is 64.8 cm³/mol. The average Bonchev–Trinajstić information content (AvgIpc) is 2.23. The Kier molecular flexibility index (Phi) is 3.03. The summed E-state index contributed by atoms with van der Waals surface area (Å²) in [5.74, 6) is 0.322. The third-order valence-corrected chi connectivity index (χ3v) is 3.73. The lowest BCUT2D eigenvalue weighted by Gasteiger charge is -2.34. The Labute approximate surface area is 98.6 Å². The van der Waals surface area contributed by atoms with Gasteiger partial charge >= 0.3 is 0 Å². The maximum Gasteiger partial charge on any atom is 0.120 e. The minimum Gasteiger partial charge on any atom is -0.508 e. The monoisotopic (exact) mass is 269 g/mol. The highest BCUT2D eigenvalue weighted by atomic mass is 79.9. The van der Waals surface area contributed by atoms with Crippen LogP contribution in [0.3, 0.4) is 0 Å². The molecular formula is C12H16BrNO. The normalized spacial score (nSPS) is 20.1. The van der Waals surface area contributed by atoms with Gasteiger partial charge in [0.2, 0.25) is 0 Å². The zero-order valence-electron chi connectivity index (χ0n) is 8.67. The van der Waals surface area contributed by atoms with Crippen LogP contribution >= 0.6 is 15.9 Å². The van der Waals surface area contributed by atoms with E-state index in [1.54, 1.807) is 6.07 Å². The van der Waals surface area contributed by atoms with Crippen LogP contribution in [0.15, 0.2) is 22.7 Å². The molecular weight excluding hydrogens is 254 g/mol. The summed E-state index contributed by atoms with van der Waals surface area (Å²) in [7, 11) is 0. The maximum atomic E-state index is 9.85. The van der Waals surface area contributed by atoms with Crippen molar-refractivity contribution in [3.8, 4) is 5.75 Å². The van der Waals surface area contributed by atoms with Crippen molar-refractivity contribution >= 4 is 15.9 Å². The summed E-state index contributed by atoms with van der Waals surface area (Å²) >= 11 is 3.42. The minimum atomic E-state index is -0.327. The Hall–Kier alpha value is -0.540. The van der Waals surface area contributed by atoms with Gasteiger partial charge in [0.1, 0.15) is 5.75 Å². The van der Waals surface area contributed by atoms with Crippen LogP contribution in [0, 0.1) is 0 Å². The molecule has 0 saturated heterocycles. The van der Waals surface area contributed by atoms with Crippen molar-refractivity contribution < 1.29 is 5.11 Å². The van der Waals surface area contributed by atoms with Crippen molar-refractivity contribution in [1.29, 1.82) is 0 Å². The molecule has 0 aromatic heterocycles. The van der Waals surface area contributed by atoms with Gasteiger partial charge in [-0.05, 0) is 31.0 Å². The third kappa shape index (κ3) is 2.18. The largest absolute Gasteiger partial charge is 0.508 e. The van der Waals surface area contributed by atoms with Crippen LogP contribution in [0.5, 0.6) is 5.75 Å². The summed E-state index contributed by atoms with van der Waals surface area (Å²) in [6.07, 6.45) is 5.51. The van der Waals surface area contributed by atoms with Crippen molar-refractivity contribution in [2.75, 3.05) is 0 Å². The number of hydrogen-bond donors (Lipinski definition) is 2. The summed E-state index contributed by atoms with van der Waals surface area (Å²) in [5.41, 5.74) is 6.93. The lowest BCUT2D eigenvalue weighted by Crippen LogP contribution is -2.38. The van der Waals surface area contributed by atoms with Crippen LogP contribution in [0.4, 0.5) is 0 Å². The van der Waals surface area contributed by atoms with Gasteiger partial charge in [-0.25, -0.2) is 0 Å². The van der Waals surface area contributed by atoms with Crippen molar-refractivity contribution in [3.05, 3.63) is 28.2 Å². The highest BCUT2D eigenvalue weighted by molar-refractivity contribution is 9.10. The van der Waals surface area contributed by atoms with Gasteiger partial charge in [-0.15, -0.1) is 0 Å². The highest BCUT2D eigenvalue weighted by Crippen LogP contribution is 2.39. The van der Waals surface area contributed by atoms with Crippen molar-refractivity contribution in [2.45, 2.75) is 37.6 Å². The SMILES string of the molecule is NC1(c2cc(Br)ccc2O)CCCCC1. The van der Waals surface area contributed by atoms with E-state index in [1.807, 2.05) is 12.1 Å². The number of halogens is 1. The number of benzene rings is 1. The standard InChI is InChI=1S/C12H16BrNO/c13-9-4-5-11(15)10(8-9)12(14)6-2-1-3-7-12/h4-5,8,15H,1-3,6-7,14H2. The van der Waals surface area contributed by atoms with Crippen LogP contribution in [-0.2, 0) is 5.54 Å². The van der Waals surface area contributed by atoms with E-state index in [1.165, 1.54) is 6.42 Å². The number of rotatable bonds is 1. The molecule has 1 fully saturated rings. The van der Waals surface area contributed by atoms with Crippen LogP contribution in [-0.4, -0.2) is 5.11 Å². The topological polar surface area (TPSA) is 46.2 Å². The smallest absolute Gasteiger partial charge is 0.120 e. The second-order valence-electron chi connectivity index (χ2n) is 4.38. The van der Waals surface area contributed by atoms with Gasteiger partial charge in [0, 0.05) is 15.6 Å². The minimum absolute atomic E-state index is 0.322. The molecule has 0 unspecified atom stereocenters. The van der Waals surface area contributed by atoms with Gasteiger partial charge < -0.3 is 10.8 Å². The lowest BCUT2D eigenvalue weighted by atomic mass is 9.77. The van der Waals surface area contributed by atoms with Gasteiger partial charge in [-0.2, -0.15) is 0 Å². The second kappa shape index (κ2) is 4.14. The van der Waals surface area contributed by atoms with Gasteiger partial charge in [-0.3, -0.25) is 0 Å². The summed E-state index contributed by atoms with van der Waals surface area (Å²) in [4.78, 5) is 0. The molecule has 15 heavy (non-hydrogen) atoms. The Morgan fingerprint density at radius 1 is 1.20 bits per heavy atom. The molecule has 0 heterocycles. The Morgan fingerprint density at radius 3 is 2.53 bits per heavy atom. The number of hydrogen-bond acceptors (Lipinski definition) is 2. The predicted octanol–water partition coefficient (Wildman–Crippen LogP) is 3.27. The van der Waals surface area contributed by atoms with Gasteiger partial charge in [-0.1, -0.05) is 35.2 Å². The van der Waals surface area contributed by atoms with Gasteiger partial charge in [0.15, 0.2) is 0 Å². The molecule has 1 aromatic rings. The fraction of sp³-hybridized carbons (Fsp3) is 0.500. The van der Waals surface area contributed by atoms with Crippen LogP contribution in [0.2, 0.25) is 0 Å². The molecule has 0 amide bonds. The zero-order chi connectivity index (χ0) is 10.9. The molecule has 2 rings (SSSR count). The summed E-state index contributed by atoms with van der Waals surface area (Å²) in [5, 5.41) is 9.85. The third-order valence-electron chi connectivity index (χ3n) is 3.24. The van der Waals surface area contributed by atoms with Crippen LogP contribution in [0.25, 0.3) is 0 Å². The first-order chi connectivity index (χ1) is 7.12. The molecule has 82 valence electrons. The number of phenols is 1. The molecule has 0 spiro atoms. The van der Waals surface area contributed by atoms with E-state index < -0.39 is 0 Å². The van der Waals surface area contributed by atoms with Crippen LogP contribution in [0.1, 0.15) is 37.7 Å². The van der Waals surface area contributed by atoms with Gasteiger partial charge in [0.25, 0.3) is 0 Å². The molecule has 3 N–H and O–H groups in total. The van der Waals surface area contributed by atoms with E-state index in [2.05, 4.69) is 15.9 Å². The maximum absolute atomic E-state index is 9.85. The van der Waals surface area contributed by atoms with E-state index in [0.29, 0.717) is 5.75 Å². The molecule has 0 aliphatic heterocycles. The first-order valence-corrected chi connectivity index (χ1v) is 6.19. The van der Waals surface area contributed by atoms with Crippen molar-refractivity contribution in [2.24, 2.45) is 5.73 Å². The summed E-state index contributed by atoms with van der Waals surface area (Å²) in [6, 6.07) is 5.49. The highest BCUT2D eigenvalue weighted by Gasteiger charge is 2.31. The lowest BCUT2D eigenvalue weighted by molar-refractivity contribution is 0.292. The number of nitrogens with two attached hydrogens (primary N) is 1. The first kappa shape index (κ1) is 11.0. The van der Waals surface area contributed by atoms with E-state index >= 15 is 0 Å². The molecule has 0 radical (unpaired) electrons. The average molecular weight is 270 g/mol. The Balaban J connectivity index is 2.38. The summed E-state index contributed by atoms with van der Waals surface area (Å²) < 4.78 is 0.977. The summed E-state index contributed by atoms with van der Waals surface area (Å²) in [6.45, 7) is 0. The van der Waals surface area contributed by atoms with E-state index in [-0.39, 0.29) is 5.54 Å². The molecule has 1 aromatic carbocycles. The number of phenolic OH excluding ortho intramolecular Hbond substituents is 1. The number of aromatic hydroxyl groups is 1. The van der Waals surface area contributed by atoms with E-state index in [0.717, 1.165) is 35.7 Å². The Bertz CT molecular complexity index is 359. The fourth-order valence-corrected chi connectivity index (χ4v) is 2.72. The van der Waals surface area contributed by atoms with E-state index in [9.17, 15) is 5.11 Å². The van der Waals surface area contributed by atoms with Gasteiger partial charge in [0.05, 0.1) is 0 Å². The van der Waals surface area contributed by atoms with Crippen LogP contribution < -0.4 is 5.73 Å². The molecule has 3 heteroatoms. The molecule has 1 aliphatic carbocycles. The molecule has 1 saturated carbocycles. The van der Waals surface area contributed by atoms with Crippen molar-refractivity contribution in [1.82, 2.24) is 0 Å². The first-order valence-electron chi connectivity index (χ1n) is 5.40. The Morgan fingerprint density at radius 2 is 1.87 bits per heavy atom. The molecule has 0 bridgehead atoms. The second-order valence-corrected chi connectivity index (χ2v) is 5.29. The molecule has 1 aliphatic rings. The van der Waals surface area contributed by atoms with Crippen molar-refractivity contribution in [3.63, 3.8) is 0 Å². The quantitative estimate of drug-likeness (QED) is 0.822. The zero-order valence-corrected chi connectivity index (χ0v) is 10.3. The molecule has 2 nitrogen and oxygen atoms in total. The molecule has 0 atom stereocenters.